The maximum atomic E-state index is 12.1. The quantitative estimate of drug-likeness (QED) is 0.918. The van der Waals surface area contributed by atoms with Crippen molar-refractivity contribution in [3.05, 3.63) is 29.8 Å². The largest absolute Gasteiger partial charge is 0.573 e. The average Bonchev–Trinajstić information content (AvgIpc) is 2.70. The molecular weight excluding hydrogens is 263 g/mol. The molecule has 0 aliphatic heterocycles. The van der Waals surface area contributed by atoms with Crippen LogP contribution in [0.2, 0.25) is 0 Å². The third-order valence-electron chi connectivity index (χ3n) is 2.20. The van der Waals surface area contributed by atoms with Crippen LogP contribution in [0.3, 0.4) is 0 Å². The van der Waals surface area contributed by atoms with Crippen molar-refractivity contribution in [1.82, 2.24) is 20.2 Å². The zero-order chi connectivity index (χ0) is 13.9. The Kier molecular flexibility index (Phi) is 3.54. The average molecular weight is 273 g/mol. The van der Waals surface area contributed by atoms with Gasteiger partial charge in [-0.2, -0.15) is 0 Å². The maximum absolute atomic E-state index is 12.1. The van der Waals surface area contributed by atoms with Crippen LogP contribution >= 0.6 is 0 Å². The SMILES string of the molecule is Cn1nnnc1NCc1cccc(OC(F)(F)F)c1. The van der Waals surface area contributed by atoms with Crippen LogP contribution in [0.15, 0.2) is 24.3 Å². The van der Waals surface area contributed by atoms with E-state index in [-0.39, 0.29) is 12.3 Å². The molecule has 2 rings (SSSR count). The third-order valence-corrected chi connectivity index (χ3v) is 2.20. The monoisotopic (exact) mass is 273 g/mol. The smallest absolute Gasteiger partial charge is 0.406 e. The lowest BCUT2D eigenvalue weighted by Crippen LogP contribution is -2.17. The van der Waals surface area contributed by atoms with Gasteiger partial charge in [-0.15, -0.1) is 13.2 Å². The number of nitrogens with zero attached hydrogens (tertiary/aromatic N) is 4. The van der Waals surface area contributed by atoms with Gasteiger partial charge in [0.2, 0.25) is 5.95 Å². The molecule has 6 nitrogen and oxygen atoms in total. The molecule has 0 aliphatic rings. The molecule has 19 heavy (non-hydrogen) atoms. The lowest BCUT2D eigenvalue weighted by atomic mass is 10.2. The zero-order valence-corrected chi connectivity index (χ0v) is 9.85. The van der Waals surface area contributed by atoms with Crippen LogP contribution in [0, 0.1) is 0 Å². The summed E-state index contributed by atoms with van der Waals surface area (Å²) in [5.41, 5.74) is 0.616. The van der Waals surface area contributed by atoms with Gasteiger partial charge in [0.05, 0.1) is 0 Å². The van der Waals surface area contributed by atoms with Crippen LogP contribution in [0.1, 0.15) is 5.56 Å². The van der Waals surface area contributed by atoms with Crippen molar-refractivity contribution in [1.29, 1.82) is 0 Å². The van der Waals surface area contributed by atoms with Gasteiger partial charge in [-0.3, -0.25) is 0 Å². The van der Waals surface area contributed by atoms with Crippen molar-refractivity contribution in [3.63, 3.8) is 0 Å². The Bertz CT molecular complexity index is 554. The molecule has 1 heterocycles. The van der Waals surface area contributed by atoms with E-state index in [2.05, 4.69) is 25.6 Å². The molecule has 0 atom stereocenters. The fraction of sp³-hybridized carbons (Fsp3) is 0.300. The first-order valence-corrected chi connectivity index (χ1v) is 5.25. The molecule has 0 spiro atoms. The molecule has 102 valence electrons. The second kappa shape index (κ2) is 5.12. The Morgan fingerprint density at radius 1 is 1.37 bits per heavy atom. The predicted molar refractivity (Wildman–Crippen MR) is 59.2 cm³/mol. The first-order chi connectivity index (χ1) is 8.94. The van der Waals surface area contributed by atoms with Gasteiger partial charge >= 0.3 is 6.36 Å². The van der Waals surface area contributed by atoms with Crippen LogP contribution < -0.4 is 10.1 Å². The van der Waals surface area contributed by atoms with E-state index in [4.69, 9.17) is 0 Å². The highest BCUT2D eigenvalue weighted by Gasteiger charge is 2.31. The van der Waals surface area contributed by atoms with E-state index >= 15 is 0 Å². The molecule has 0 radical (unpaired) electrons. The second-order valence-electron chi connectivity index (χ2n) is 3.67. The fourth-order valence-corrected chi connectivity index (χ4v) is 1.41. The molecule has 9 heteroatoms. The highest BCUT2D eigenvalue weighted by molar-refractivity contribution is 5.32. The summed E-state index contributed by atoms with van der Waals surface area (Å²) in [7, 11) is 1.64. The Labute approximate surface area is 106 Å². The first kappa shape index (κ1) is 13.1. The van der Waals surface area contributed by atoms with Crippen LogP contribution in [0.5, 0.6) is 5.75 Å². The minimum absolute atomic E-state index is 0.261. The Morgan fingerprint density at radius 2 is 2.16 bits per heavy atom. The van der Waals surface area contributed by atoms with E-state index in [1.54, 1.807) is 13.1 Å². The van der Waals surface area contributed by atoms with Gasteiger partial charge in [-0.25, -0.2) is 4.68 Å². The molecule has 0 bridgehead atoms. The number of benzene rings is 1. The molecule has 0 aliphatic carbocycles. The third kappa shape index (κ3) is 3.83. The summed E-state index contributed by atoms with van der Waals surface area (Å²) >= 11 is 0. The van der Waals surface area contributed by atoms with E-state index in [1.165, 1.54) is 22.9 Å². The number of hydrogen-bond donors (Lipinski definition) is 1. The molecule has 0 amide bonds. The van der Waals surface area contributed by atoms with Gasteiger partial charge < -0.3 is 10.1 Å². The lowest BCUT2D eigenvalue weighted by molar-refractivity contribution is -0.274. The van der Waals surface area contributed by atoms with Gasteiger partial charge in [-0.05, 0) is 28.1 Å². The number of nitrogens with one attached hydrogen (secondary N) is 1. The highest BCUT2D eigenvalue weighted by atomic mass is 19.4. The summed E-state index contributed by atoms with van der Waals surface area (Å²) in [6.45, 7) is 0.281. The zero-order valence-electron chi connectivity index (χ0n) is 9.85. The number of anilines is 1. The normalized spacial score (nSPS) is 11.4. The Balaban J connectivity index is 2.01. The fourth-order valence-electron chi connectivity index (χ4n) is 1.41. The van der Waals surface area contributed by atoms with Crippen LogP contribution in [-0.4, -0.2) is 26.6 Å². The number of rotatable bonds is 4. The Morgan fingerprint density at radius 3 is 2.79 bits per heavy atom. The van der Waals surface area contributed by atoms with E-state index in [0.717, 1.165) is 0 Å². The molecule has 2 aromatic rings. The topological polar surface area (TPSA) is 64.9 Å². The van der Waals surface area contributed by atoms with Crippen molar-refractivity contribution in [2.75, 3.05) is 5.32 Å². The first-order valence-electron chi connectivity index (χ1n) is 5.25. The van der Waals surface area contributed by atoms with Crippen LogP contribution in [0.25, 0.3) is 0 Å². The standard InChI is InChI=1S/C10H10F3N5O/c1-18-9(15-16-17-18)14-6-7-3-2-4-8(5-7)19-10(11,12)13/h2-5H,6H2,1H3,(H,14,15,17). The van der Waals surface area contributed by atoms with Gasteiger partial charge in [0, 0.05) is 13.6 Å². The van der Waals surface area contributed by atoms with Gasteiger partial charge in [0.25, 0.3) is 0 Å². The van der Waals surface area contributed by atoms with E-state index in [9.17, 15) is 13.2 Å². The molecule has 1 N–H and O–H groups in total. The summed E-state index contributed by atoms with van der Waals surface area (Å²) in [4.78, 5) is 0. The number of ether oxygens (including phenoxy) is 1. The minimum atomic E-state index is -4.69. The predicted octanol–water partition coefficient (Wildman–Crippen LogP) is 1.72. The van der Waals surface area contributed by atoms with Crippen molar-refractivity contribution in [2.24, 2.45) is 7.05 Å². The number of hydrogen-bond acceptors (Lipinski definition) is 5. The Hall–Kier alpha value is -2.32. The van der Waals surface area contributed by atoms with Crippen molar-refractivity contribution < 1.29 is 17.9 Å². The van der Waals surface area contributed by atoms with Crippen molar-refractivity contribution in [2.45, 2.75) is 12.9 Å². The summed E-state index contributed by atoms with van der Waals surface area (Å²) in [5, 5.41) is 13.6. The molecule has 0 fully saturated rings. The second-order valence-corrected chi connectivity index (χ2v) is 3.67. The van der Waals surface area contributed by atoms with Gasteiger partial charge in [0.1, 0.15) is 5.75 Å². The molecule has 0 unspecified atom stereocenters. The number of halogens is 3. The summed E-state index contributed by atoms with van der Waals surface area (Å²) < 4.78 is 41.4. The van der Waals surface area contributed by atoms with Gasteiger partial charge in [-0.1, -0.05) is 17.2 Å². The van der Waals surface area contributed by atoms with Gasteiger partial charge in [0.15, 0.2) is 0 Å². The molecule has 1 aromatic carbocycles. The molecular formula is C10H10F3N5O. The molecule has 0 saturated heterocycles. The number of alkyl halides is 3. The highest BCUT2D eigenvalue weighted by Crippen LogP contribution is 2.23. The van der Waals surface area contributed by atoms with Crippen molar-refractivity contribution >= 4 is 5.95 Å². The van der Waals surface area contributed by atoms with E-state index in [0.29, 0.717) is 11.5 Å². The van der Waals surface area contributed by atoms with E-state index in [1.807, 2.05) is 0 Å². The molecule has 0 saturated carbocycles. The molecule has 1 aromatic heterocycles. The van der Waals surface area contributed by atoms with Crippen LogP contribution in [0.4, 0.5) is 19.1 Å². The van der Waals surface area contributed by atoms with E-state index < -0.39 is 6.36 Å². The lowest BCUT2D eigenvalue weighted by Gasteiger charge is -2.10. The summed E-state index contributed by atoms with van der Waals surface area (Å²) in [6.07, 6.45) is -4.69. The number of aromatic nitrogens is 4. The van der Waals surface area contributed by atoms with Crippen LogP contribution in [-0.2, 0) is 13.6 Å². The number of aryl methyl sites for hydroxylation is 1. The number of tetrazole rings is 1. The van der Waals surface area contributed by atoms with Crippen molar-refractivity contribution in [3.8, 4) is 5.75 Å². The minimum Gasteiger partial charge on any atom is -0.406 e. The summed E-state index contributed by atoms with van der Waals surface area (Å²) in [5.74, 6) is 0.157. The maximum Gasteiger partial charge on any atom is 0.573 e. The summed E-state index contributed by atoms with van der Waals surface area (Å²) in [6, 6.07) is 5.68.